The fraction of sp³-hybridized carbons (Fsp3) is 0.122. The molecule has 1 aliphatic rings. The van der Waals surface area contributed by atoms with Crippen molar-refractivity contribution in [2.75, 3.05) is 0 Å². The molecule has 0 amide bonds. The first kappa shape index (κ1) is 39.9. The van der Waals surface area contributed by atoms with Gasteiger partial charge in [0.25, 0.3) is 6.33 Å². The van der Waals surface area contributed by atoms with Gasteiger partial charge in [0, 0.05) is 42.0 Å². The molecule has 5 heterocycles. The highest BCUT2D eigenvalue weighted by Gasteiger charge is 2.29. The Morgan fingerprint density at radius 2 is 1.11 bits per heavy atom. The van der Waals surface area contributed by atoms with Crippen LogP contribution >= 0.6 is 0 Å². The summed E-state index contributed by atoms with van der Waals surface area (Å²) in [4.78, 5) is 4.91. The Morgan fingerprint density at radius 3 is 1.86 bits per heavy atom. The Balaban J connectivity index is 1.05. The van der Waals surface area contributed by atoms with E-state index in [1.165, 1.54) is 18.2 Å². The van der Waals surface area contributed by atoms with Gasteiger partial charge >= 0.3 is 0 Å². The molecule has 0 bridgehead atoms. The van der Waals surface area contributed by atoms with Crippen LogP contribution in [-0.4, -0.2) is 14.1 Å². The molecule has 6 nitrogen and oxygen atoms in total. The van der Waals surface area contributed by atoms with Crippen molar-refractivity contribution in [1.29, 1.82) is 0 Å². The van der Waals surface area contributed by atoms with E-state index in [1.807, 2.05) is 150 Å². The van der Waals surface area contributed by atoms with Crippen LogP contribution in [0.2, 0.25) is 0 Å². The van der Waals surface area contributed by atoms with Crippen molar-refractivity contribution in [2.45, 2.75) is 66.1 Å². The first-order valence-electron chi connectivity index (χ1n) is 36.3. The molecule has 16 rings (SSSR count). The second-order valence-electron chi connectivity index (χ2n) is 24.7. The summed E-state index contributed by atoms with van der Waals surface area (Å²) in [6.07, 6.45) is 5.58. The lowest BCUT2D eigenvalue weighted by molar-refractivity contribution is -0.570. The Hall–Kier alpha value is -10.6. The minimum Gasteiger partial charge on any atom is -0.458 e. The van der Waals surface area contributed by atoms with Crippen molar-refractivity contribution in [1.82, 2.24) is 14.1 Å². The highest BCUT2D eigenvalue weighted by atomic mass is 16.5. The maximum absolute atomic E-state index is 10.2. The Morgan fingerprint density at radius 1 is 0.477 bits per heavy atom. The summed E-state index contributed by atoms with van der Waals surface area (Å²) in [5.41, 5.74) is 7.04. The zero-order valence-electron chi connectivity index (χ0n) is 63.1. The van der Waals surface area contributed by atoms with Gasteiger partial charge in [0.05, 0.1) is 44.4 Å². The normalized spacial score (nSPS) is 14.9. The summed E-state index contributed by atoms with van der Waals surface area (Å²) in [6, 6.07) is 53.1. The zero-order chi connectivity index (χ0) is 71.7. The SMILES string of the molecule is [2H]c1c([2H])c([2H])c2c(c1[2H])-c1cc(-c3c(C([2H])([2H])[2H])cccc3C([2H])([2H])[2H])cc(-c3ccc(C(C)(C)C)cc3)c1-[n+]1[c-]n(-c3cccc(Oc4ccc5c6ccccc6n(-c6cc(C(C)(C)C)ccn6)c5c4)c3)c3cc(-c4ccc5oc6ccccc6c5c4)cc(c31)-c1c([2H])c([2H])c([2H])c([2H])c1-2. The number of hydrogen-bond acceptors (Lipinski definition) is 3. The van der Waals surface area contributed by atoms with Crippen molar-refractivity contribution in [3.8, 4) is 95.5 Å². The molecule has 88 heavy (non-hydrogen) atoms. The number of imidazole rings is 1. The average Bonchev–Trinajstić information content (AvgIpc) is 1.42. The lowest BCUT2D eigenvalue weighted by atomic mass is 9.84. The number of ether oxygens (including phenoxy) is 1. The van der Waals surface area contributed by atoms with Gasteiger partial charge in [-0.1, -0.05) is 187 Å². The highest BCUT2D eigenvalue weighted by Crippen LogP contribution is 2.49. The van der Waals surface area contributed by atoms with Gasteiger partial charge in [0.1, 0.15) is 28.5 Å². The minimum atomic E-state index is -2.89. The number of benzene rings is 11. The molecule has 0 radical (unpaired) electrons. The van der Waals surface area contributed by atoms with E-state index in [0.29, 0.717) is 61.6 Å². The van der Waals surface area contributed by atoms with Crippen molar-refractivity contribution >= 4 is 54.8 Å². The minimum absolute atomic E-state index is 0.0272. The topological polar surface area (TPSA) is 49.0 Å². The third kappa shape index (κ3) is 8.68. The van der Waals surface area contributed by atoms with Crippen molar-refractivity contribution in [3.05, 3.63) is 271 Å². The Kier molecular flexibility index (Phi) is 9.08. The summed E-state index contributed by atoms with van der Waals surface area (Å²) in [5.74, 6) is 1.69. The first-order chi connectivity index (χ1) is 48.4. The number of nitrogens with zero attached hydrogens (tertiary/aromatic N) is 4. The molecular formula is C82H64N4O2. The largest absolute Gasteiger partial charge is 0.458 e. The molecule has 0 unspecified atom stereocenters. The summed E-state index contributed by atoms with van der Waals surface area (Å²) in [7, 11) is 0. The van der Waals surface area contributed by atoms with Gasteiger partial charge in [-0.2, -0.15) is 0 Å². The number of hydrogen-bond donors (Lipinski definition) is 0. The van der Waals surface area contributed by atoms with Crippen LogP contribution in [0, 0.1) is 20.0 Å². The van der Waals surface area contributed by atoms with Crippen molar-refractivity contribution in [3.63, 3.8) is 0 Å². The molecule has 0 aliphatic carbocycles. The highest BCUT2D eigenvalue weighted by molar-refractivity contribution is 6.10. The van der Waals surface area contributed by atoms with Crippen LogP contribution in [-0.2, 0) is 10.8 Å². The van der Waals surface area contributed by atoms with Crippen LogP contribution in [0.4, 0.5) is 0 Å². The first-order valence-corrected chi connectivity index (χ1v) is 29.3. The second kappa shape index (κ2) is 20.0. The number of pyridine rings is 1. The second-order valence-corrected chi connectivity index (χ2v) is 24.7. The van der Waals surface area contributed by atoms with Gasteiger partial charge < -0.3 is 9.15 Å². The molecule has 0 atom stereocenters. The third-order valence-electron chi connectivity index (χ3n) is 17.2. The average molecular weight is 1150 g/mol. The lowest BCUT2D eigenvalue weighted by Crippen LogP contribution is -2.32. The predicted molar refractivity (Wildman–Crippen MR) is 363 cm³/mol. The fourth-order valence-corrected chi connectivity index (χ4v) is 12.8. The summed E-state index contributed by atoms with van der Waals surface area (Å²) in [6.45, 7) is 6.95. The van der Waals surface area contributed by atoms with Crippen LogP contribution in [0.25, 0.3) is 139 Å². The monoisotopic (exact) mass is 1150 g/mol. The predicted octanol–water partition coefficient (Wildman–Crippen LogP) is 21.4. The molecule has 11 aromatic carbocycles. The van der Waals surface area contributed by atoms with Crippen LogP contribution in [0.1, 0.15) is 83.0 Å². The molecule has 4 aromatic heterocycles. The fourth-order valence-electron chi connectivity index (χ4n) is 12.8. The van der Waals surface area contributed by atoms with E-state index >= 15 is 0 Å². The van der Waals surface area contributed by atoms with Crippen LogP contribution in [0.3, 0.4) is 0 Å². The molecule has 0 saturated carbocycles. The van der Waals surface area contributed by atoms with E-state index in [-0.39, 0.29) is 72.2 Å². The summed E-state index contributed by atoms with van der Waals surface area (Å²) >= 11 is 0. The smallest absolute Gasteiger partial charge is 0.269 e. The van der Waals surface area contributed by atoms with Gasteiger partial charge in [0.2, 0.25) is 0 Å². The van der Waals surface area contributed by atoms with E-state index in [2.05, 4.69) is 70.6 Å². The number of aromatic nitrogens is 4. The van der Waals surface area contributed by atoms with Crippen molar-refractivity contribution in [2.24, 2.45) is 0 Å². The van der Waals surface area contributed by atoms with Crippen molar-refractivity contribution < 1.29 is 32.9 Å². The molecule has 0 N–H and O–H groups in total. The van der Waals surface area contributed by atoms with Gasteiger partial charge in [0.15, 0.2) is 0 Å². The molecule has 0 spiro atoms. The number of para-hydroxylation sites is 2. The lowest BCUT2D eigenvalue weighted by Gasteiger charge is -2.23. The zero-order valence-corrected chi connectivity index (χ0v) is 49.1. The van der Waals surface area contributed by atoms with Gasteiger partial charge in [-0.05, 0) is 198 Å². The Bertz CT molecular complexity index is 6050. The van der Waals surface area contributed by atoms with E-state index in [9.17, 15) is 11.0 Å². The number of furan rings is 1. The molecule has 1 aliphatic heterocycles. The van der Waals surface area contributed by atoms with E-state index in [4.69, 9.17) is 22.4 Å². The number of aryl methyl sites for hydroxylation is 2. The summed E-state index contributed by atoms with van der Waals surface area (Å²) in [5, 5.41) is 3.69. The standard InChI is InChI=1S/C82H64N4O2/c1-50-19-17-20-51(2)78(50)55-43-68(52-31-34-56(35-32-52)81(3,4)5)79-70(44-55)63-25-11-9-23-61(63)62-24-10-12-26-64(62)71-42-54(53-33-38-76-69(41-53)67-28-14-16-30-75(67)88-76)45-74-80(71)85(79)49-84(74)58-21-18-22-59(47-58)87-60-36-37-66-65-27-13-15-29-72(65)86(73(66)48-60)77-46-57(39-40-83-77)82(6,7)8/h9-48H,1-8H3/i1D3,2D3,9D,10D,11D,12D,23D,24D,25D,26D. The Labute approximate surface area is 532 Å². The molecule has 6 heteroatoms. The molecule has 424 valence electrons. The molecule has 0 fully saturated rings. The molecule has 15 aromatic rings. The van der Waals surface area contributed by atoms with E-state index in [0.717, 1.165) is 49.5 Å². The maximum Gasteiger partial charge on any atom is 0.269 e. The quantitative estimate of drug-likeness (QED) is 0.118. The maximum atomic E-state index is 10.2. The van der Waals surface area contributed by atoms with Crippen LogP contribution in [0.5, 0.6) is 11.5 Å². The van der Waals surface area contributed by atoms with E-state index in [1.54, 1.807) is 16.7 Å². The van der Waals surface area contributed by atoms with Crippen LogP contribution in [0.15, 0.2) is 247 Å². The summed E-state index contributed by atoms with van der Waals surface area (Å²) < 4.78 is 151. The number of rotatable bonds is 7. The van der Waals surface area contributed by atoms with Gasteiger partial charge in [-0.25, -0.2) is 4.98 Å². The molecule has 0 saturated heterocycles. The van der Waals surface area contributed by atoms with Gasteiger partial charge in [-0.3, -0.25) is 13.7 Å². The third-order valence-corrected chi connectivity index (χ3v) is 17.2. The number of fused-ring (bicyclic) bond motifs is 13. The van der Waals surface area contributed by atoms with E-state index < -0.39 is 62.0 Å². The van der Waals surface area contributed by atoms with Crippen LogP contribution < -0.4 is 9.30 Å². The van der Waals surface area contributed by atoms with Gasteiger partial charge in [-0.15, -0.1) is 0 Å². The molecular weight excluding hydrogens is 1070 g/mol.